The Morgan fingerprint density at radius 2 is 1.74 bits per heavy atom. The standard InChI is InChI=1S/C24H29N3O2.C4H10.C2H6/c1-7-11-12-19-18-14-13-17(24(28)29-6)16-21(18)27(15-8-2)23(19)22(26-10-4)20(9-3)25-5;1-3-4-2;1-2/h8-10,13-14,16H,2-4,7,11-12,15H2,1,5-6H3;3-4H2,1-2H3;1-2H3. The first-order chi connectivity index (χ1) is 17.0. The highest BCUT2D eigenvalue weighted by Crippen LogP contribution is 2.30. The van der Waals surface area contributed by atoms with E-state index in [0.717, 1.165) is 35.9 Å². The zero-order valence-electron chi connectivity index (χ0n) is 23.0. The van der Waals surface area contributed by atoms with Crippen molar-refractivity contribution in [3.05, 3.63) is 73.1 Å². The molecule has 0 saturated carbocycles. The summed E-state index contributed by atoms with van der Waals surface area (Å²) in [5, 5.41) is 1.08. The van der Waals surface area contributed by atoms with Crippen LogP contribution in [0.1, 0.15) is 81.9 Å². The molecule has 1 aromatic heterocycles. The Morgan fingerprint density at radius 3 is 2.20 bits per heavy atom. The topological polar surface area (TPSA) is 56.0 Å². The number of carbonyl (C=O) groups excluding carboxylic acids is 1. The van der Waals surface area contributed by atoms with Crippen molar-refractivity contribution in [3.8, 4) is 0 Å². The fourth-order valence-corrected chi connectivity index (χ4v) is 3.50. The van der Waals surface area contributed by atoms with Crippen LogP contribution >= 0.6 is 0 Å². The number of rotatable bonds is 11. The second-order valence-electron chi connectivity index (χ2n) is 7.53. The fraction of sp³-hybridized carbons (Fsp3) is 0.433. The Bertz CT molecular complexity index is 1020. The largest absolute Gasteiger partial charge is 0.465 e. The molecule has 2 rings (SSSR count). The minimum absolute atomic E-state index is 0.364. The van der Waals surface area contributed by atoms with Gasteiger partial charge in [0.2, 0.25) is 0 Å². The van der Waals surface area contributed by atoms with Crippen molar-refractivity contribution in [1.82, 2.24) is 4.57 Å². The maximum Gasteiger partial charge on any atom is 0.337 e. The van der Waals surface area contributed by atoms with Gasteiger partial charge in [0.15, 0.2) is 0 Å². The van der Waals surface area contributed by atoms with Gasteiger partial charge < -0.3 is 9.30 Å². The van der Waals surface area contributed by atoms with Crippen molar-refractivity contribution in [2.75, 3.05) is 14.2 Å². The molecule has 0 aliphatic heterocycles. The van der Waals surface area contributed by atoms with Crippen LogP contribution in [0.3, 0.4) is 0 Å². The van der Waals surface area contributed by atoms with Gasteiger partial charge in [0, 0.05) is 30.7 Å². The van der Waals surface area contributed by atoms with Gasteiger partial charge in [0.05, 0.1) is 24.1 Å². The molecule has 192 valence electrons. The number of carbonyl (C=O) groups is 1. The Balaban J connectivity index is 0.00000174. The number of fused-ring (bicyclic) bond motifs is 1. The normalized spacial score (nSPS) is 11.1. The molecule has 0 aliphatic carbocycles. The van der Waals surface area contributed by atoms with Crippen LogP contribution in [0.2, 0.25) is 0 Å². The quantitative estimate of drug-likeness (QED) is 0.186. The van der Waals surface area contributed by atoms with Crippen LogP contribution in [0.25, 0.3) is 10.9 Å². The number of aryl methyl sites for hydroxylation is 1. The molecular weight excluding hydrogens is 434 g/mol. The molecule has 35 heavy (non-hydrogen) atoms. The first kappa shape index (κ1) is 31.8. The lowest BCUT2D eigenvalue weighted by Crippen LogP contribution is -2.19. The van der Waals surface area contributed by atoms with Crippen molar-refractivity contribution in [2.24, 2.45) is 9.98 Å². The average Bonchev–Trinajstić information content (AvgIpc) is 3.20. The number of unbranched alkanes of at least 4 members (excludes halogenated alkanes) is 2. The van der Waals surface area contributed by atoms with Gasteiger partial charge in [-0.15, -0.1) is 6.58 Å². The number of esters is 1. The van der Waals surface area contributed by atoms with Crippen LogP contribution < -0.4 is 0 Å². The summed E-state index contributed by atoms with van der Waals surface area (Å²) in [5.74, 6) is -0.364. The van der Waals surface area contributed by atoms with E-state index in [1.807, 2.05) is 32.1 Å². The first-order valence-corrected chi connectivity index (χ1v) is 12.6. The van der Waals surface area contributed by atoms with Crippen LogP contribution in [0.15, 0.2) is 66.3 Å². The maximum atomic E-state index is 12.1. The Morgan fingerprint density at radius 1 is 1.09 bits per heavy atom. The highest BCUT2D eigenvalue weighted by molar-refractivity contribution is 6.52. The summed E-state index contributed by atoms with van der Waals surface area (Å²) in [6.07, 6.45) is 10.7. The summed E-state index contributed by atoms with van der Waals surface area (Å²) in [6, 6.07) is 5.65. The summed E-state index contributed by atoms with van der Waals surface area (Å²) >= 11 is 0. The molecule has 0 spiro atoms. The Hall–Kier alpha value is -3.21. The predicted octanol–water partition coefficient (Wildman–Crippen LogP) is 7.98. The number of hydrogen-bond acceptors (Lipinski definition) is 4. The highest BCUT2D eigenvalue weighted by Gasteiger charge is 2.23. The highest BCUT2D eigenvalue weighted by atomic mass is 16.5. The molecule has 0 fully saturated rings. The van der Waals surface area contributed by atoms with Crippen LogP contribution in [-0.2, 0) is 17.7 Å². The Kier molecular flexibility index (Phi) is 16.5. The zero-order valence-corrected chi connectivity index (χ0v) is 23.0. The fourth-order valence-electron chi connectivity index (χ4n) is 3.50. The van der Waals surface area contributed by atoms with E-state index in [-0.39, 0.29) is 5.97 Å². The van der Waals surface area contributed by atoms with E-state index in [2.05, 4.69) is 55.1 Å². The van der Waals surface area contributed by atoms with Gasteiger partial charge in [-0.05, 0) is 36.6 Å². The summed E-state index contributed by atoms with van der Waals surface area (Å²) in [4.78, 5) is 21.0. The number of nitrogens with zero attached hydrogens (tertiary/aromatic N) is 3. The second kappa shape index (κ2) is 18.2. The molecule has 0 N–H and O–H groups in total. The lowest BCUT2D eigenvalue weighted by molar-refractivity contribution is 0.0601. The van der Waals surface area contributed by atoms with E-state index in [4.69, 9.17) is 4.74 Å². The SMILES string of the molecule is C=CCn1c(C(=NC=C)C(C=C)=NC)c(CCCC)c2ccc(C(=O)OC)cc21.CC.CCCC. The van der Waals surface area contributed by atoms with E-state index in [1.165, 1.54) is 31.7 Å². The smallest absolute Gasteiger partial charge is 0.337 e. The summed E-state index contributed by atoms with van der Waals surface area (Å²) in [5.41, 5.74) is 4.96. The van der Waals surface area contributed by atoms with Gasteiger partial charge in [-0.2, -0.15) is 0 Å². The zero-order chi connectivity index (χ0) is 26.8. The third-order valence-corrected chi connectivity index (χ3v) is 5.30. The lowest BCUT2D eigenvalue weighted by Gasteiger charge is -2.13. The summed E-state index contributed by atoms with van der Waals surface area (Å²) in [7, 11) is 3.10. The Labute approximate surface area is 213 Å². The summed E-state index contributed by atoms with van der Waals surface area (Å²) in [6.45, 7) is 22.7. The number of benzene rings is 1. The molecule has 0 unspecified atom stereocenters. The molecule has 1 heterocycles. The average molecular weight is 480 g/mol. The number of allylic oxidation sites excluding steroid dienone is 2. The number of ether oxygens (including phenoxy) is 1. The van der Waals surface area contributed by atoms with Crippen molar-refractivity contribution in [2.45, 2.75) is 73.3 Å². The van der Waals surface area contributed by atoms with Crippen molar-refractivity contribution >= 4 is 28.3 Å². The van der Waals surface area contributed by atoms with E-state index < -0.39 is 0 Å². The lowest BCUT2D eigenvalue weighted by atomic mass is 9.99. The van der Waals surface area contributed by atoms with Crippen molar-refractivity contribution in [3.63, 3.8) is 0 Å². The van der Waals surface area contributed by atoms with Crippen LogP contribution in [0, 0.1) is 0 Å². The predicted molar refractivity (Wildman–Crippen MR) is 154 cm³/mol. The number of hydrogen-bond donors (Lipinski definition) is 0. The van der Waals surface area contributed by atoms with Crippen LogP contribution in [-0.4, -0.2) is 36.1 Å². The van der Waals surface area contributed by atoms with Crippen LogP contribution in [0.4, 0.5) is 0 Å². The monoisotopic (exact) mass is 479 g/mol. The molecule has 2 aromatic rings. The van der Waals surface area contributed by atoms with Crippen molar-refractivity contribution < 1.29 is 9.53 Å². The number of aromatic nitrogens is 1. The van der Waals surface area contributed by atoms with Gasteiger partial charge in [0.25, 0.3) is 0 Å². The van der Waals surface area contributed by atoms with Gasteiger partial charge in [0.1, 0.15) is 5.71 Å². The maximum absolute atomic E-state index is 12.1. The van der Waals surface area contributed by atoms with Gasteiger partial charge in [-0.1, -0.05) is 79.2 Å². The molecule has 0 atom stereocenters. The molecule has 0 saturated heterocycles. The van der Waals surface area contributed by atoms with E-state index in [9.17, 15) is 4.79 Å². The molecule has 5 heteroatoms. The third-order valence-electron chi connectivity index (χ3n) is 5.30. The number of methoxy groups -OCH3 is 1. The van der Waals surface area contributed by atoms with E-state index >= 15 is 0 Å². The van der Waals surface area contributed by atoms with Crippen molar-refractivity contribution in [1.29, 1.82) is 0 Å². The van der Waals surface area contributed by atoms with Gasteiger partial charge >= 0.3 is 5.97 Å². The molecule has 5 nitrogen and oxygen atoms in total. The molecule has 0 bridgehead atoms. The molecule has 0 radical (unpaired) electrons. The first-order valence-electron chi connectivity index (χ1n) is 12.6. The van der Waals surface area contributed by atoms with Crippen LogP contribution in [0.5, 0.6) is 0 Å². The van der Waals surface area contributed by atoms with E-state index in [0.29, 0.717) is 23.5 Å². The molecule has 1 aromatic carbocycles. The molecule has 0 aliphatic rings. The summed E-state index contributed by atoms with van der Waals surface area (Å²) < 4.78 is 7.03. The van der Waals surface area contributed by atoms with Gasteiger partial charge in [-0.25, -0.2) is 4.79 Å². The minimum atomic E-state index is -0.364. The second-order valence-corrected chi connectivity index (χ2v) is 7.53. The number of aliphatic imine (C=N–C) groups is 2. The third kappa shape index (κ3) is 8.50. The molecule has 0 amide bonds. The minimum Gasteiger partial charge on any atom is -0.465 e. The molecular formula is C30H45N3O2. The van der Waals surface area contributed by atoms with E-state index in [1.54, 1.807) is 19.2 Å². The van der Waals surface area contributed by atoms with Gasteiger partial charge in [-0.3, -0.25) is 9.98 Å².